The first-order valence-electron chi connectivity index (χ1n) is 6.09. The van der Waals surface area contributed by atoms with Crippen LogP contribution in [0, 0.1) is 5.92 Å². The molecule has 0 aromatic carbocycles. The second-order valence-corrected chi connectivity index (χ2v) is 5.88. The maximum atomic E-state index is 8.10. The van der Waals surface area contributed by atoms with Gasteiger partial charge in [-0.1, -0.05) is 25.3 Å². The fourth-order valence-corrected chi connectivity index (χ4v) is 1.96. The van der Waals surface area contributed by atoms with Crippen molar-refractivity contribution in [2.45, 2.75) is 59.0 Å². The molecule has 1 atom stereocenters. The molecule has 0 fully saturated rings. The van der Waals surface area contributed by atoms with E-state index in [1.165, 1.54) is 0 Å². The largest absolute Gasteiger partial charge is 0.496 e. The molecule has 2 N–H and O–H groups in total. The Morgan fingerprint density at radius 2 is 1.94 bits per heavy atom. The highest BCUT2D eigenvalue weighted by Gasteiger charge is 2.50. The Morgan fingerprint density at radius 3 is 2.31 bits per heavy atom. The third-order valence-corrected chi connectivity index (χ3v) is 3.44. The Balaban J connectivity index is 2.73. The molecule has 3 heteroatoms. The van der Waals surface area contributed by atoms with E-state index in [-0.39, 0.29) is 11.1 Å². The highest BCUT2D eigenvalue weighted by atomic mass is 16.5. The maximum absolute atomic E-state index is 8.10. The van der Waals surface area contributed by atoms with Crippen molar-refractivity contribution in [3.63, 3.8) is 0 Å². The summed E-state index contributed by atoms with van der Waals surface area (Å²) in [5.74, 6) is 1.51. The Bertz CT molecular complexity index is 282. The van der Waals surface area contributed by atoms with Gasteiger partial charge in [-0.2, -0.15) is 0 Å². The van der Waals surface area contributed by atoms with Crippen molar-refractivity contribution < 1.29 is 9.94 Å². The standard InChI is InChI=1S/C13H25NO2/c1-7-10(2)9-16-11-8-12(3,4)14(15)13(11,5)6/h8,10,15H,7,9H2,1-6H3/p+1. The van der Waals surface area contributed by atoms with Crippen LogP contribution in [0.15, 0.2) is 11.8 Å². The highest BCUT2D eigenvalue weighted by molar-refractivity contribution is 5.25. The molecule has 0 saturated carbocycles. The second-order valence-electron chi connectivity index (χ2n) is 5.88. The zero-order valence-corrected chi connectivity index (χ0v) is 11.4. The lowest BCUT2D eigenvalue weighted by molar-refractivity contribution is -0.192. The van der Waals surface area contributed by atoms with Crippen molar-refractivity contribution in [1.82, 2.24) is 5.06 Å². The van der Waals surface area contributed by atoms with E-state index < -0.39 is 0 Å². The number of nitrogens with zero attached hydrogens (tertiary/aromatic N) is 1. The van der Waals surface area contributed by atoms with Crippen molar-refractivity contribution >= 4 is 0 Å². The monoisotopic (exact) mass is 228 g/mol. The minimum Gasteiger partial charge on any atom is -0.496 e. The first-order chi connectivity index (χ1) is 7.21. The molecule has 0 spiro atoms. The molecule has 1 heterocycles. The van der Waals surface area contributed by atoms with Crippen LogP contribution in [-0.2, 0) is 4.74 Å². The van der Waals surface area contributed by atoms with Gasteiger partial charge in [0, 0.05) is 0 Å². The molecule has 1 aliphatic rings. The van der Waals surface area contributed by atoms with Gasteiger partial charge in [-0.25, -0.2) is 0 Å². The molecule has 0 aliphatic carbocycles. The summed E-state index contributed by atoms with van der Waals surface area (Å²) >= 11 is 0. The molecule has 0 aromatic heterocycles. The smallest absolute Gasteiger partial charge is 0.140 e. The van der Waals surface area contributed by atoms with Crippen LogP contribution in [0.2, 0.25) is 0 Å². The molecule has 0 saturated heterocycles. The van der Waals surface area contributed by atoms with Gasteiger partial charge in [0.15, 0.2) is 0 Å². The molecule has 1 aliphatic heterocycles. The van der Waals surface area contributed by atoms with Gasteiger partial charge < -0.3 is 9.94 Å². The number of ether oxygens (including phenoxy) is 1. The lowest BCUT2D eigenvalue weighted by Crippen LogP contribution is -2.48. The number of hydrogen-bond donors (Lipinski definition) is 0. The van der Waals surface area contributed by atoms with Crippen LogP contribution < -0.4 is 0 Å². The molecule has 94 valence electrons. The Morgan fingerprint density at radius 1 is 1.38 bits per heavy atom. The molecule has 3 nitrogen and oxygen atoms in total. The summed E-state index contributed by atoms with van der Waals surface area (Å²) in [5.41, 5.74) is -0.564. The Hall–Kier alpha value is -0.540. The molecular formula is C13H26NO2+. The highest BCUT2D eigenvalue weighted by Crippen LogP contribution is 2.38. The molecule has 1 rings (SSSR count). The SMILES string of the molecule is CCC(C)COC1=CC(C)(C)N([OH2+])C1(C)C. The van der Waals surface area contributed by atoms with Gasteiger partial charge in [0.1, 0.15) is 16.8 Å². The topological polar surface area (TPSA) is 35.4 Å². The van der Waals surface area contributed by atoms with Crippen LogP contribution in [0.3, 0.4) is 0 Å². The van der Waals surface area contributed by atoms with Crippen molar-refractivity contribution in [3.05, 3.63) is 11.8 Å². The molecule has 0 bridgehead atoms. The van der Waals surface area contributed by atoms with Gasteiger partial charge in [-0.15, -0.1) is 0 Å². The van der Waals surface area contributed by atoms with E-state index in [0.717, 1.165) is 18.8 Å². The minimum absolute atomic E-state index is 0.242. The predicted molar refractivity (Wildman–Crippen MR) is 67.1 cm³/mol. The quantitative estimate of drug-likeness (QED) is 0.693. The predicted octanol–water partition coefficient (Wildman–Crippen LogP) is 2.45. The van der Waals surface area contributed by atoms with E-state index >= 15 is 0 Å². The molecule has 0 aromatic rings. The average molecular weight is 228 g/mol. The van der Waals surface area contributed by atoms with E-state index in [1.54, 1.807) is 5.06 Å². The average Bonchev–Trinajstić information content (AvgIpc) is 2.35. The first kappa shape index (κ1) is 13.5. The van der Waals surface area contributed by atoms with Crippen molar-refractivity contribution in [2.24, 2.45) is 5.92 Å². The minimum atomic E-state index is -0.322. The Labute approximate surface area is 99.0 Å². The van der Waals surface area contributed by atoms with Gasteiger partial charge in [0.05, 0.1) is 6.61 Å². The molecule has 1 unspecified atom stereocenters. The van der Waals surface area contributed by atoms with Gasteiger partial charge >= 0.3 is 0 Å². The fraction of sp³-hybridized carbons (Fsp3) is 0.846. The number of hydrogen-bond acceptors (Lipinski definition) is 2. The second kappa shape index (κ2) is 4.38. The molecular weight excluding hydrogens is 202 g/mol. The van der Waals surface area contributed by atoms with Crippen molar-refractivity contribution in [2.75, 3.05) is 6.61 Å². The summed E-state index contributed by atoms with van der Waals surface area (Å²) in [6.07, 6.45) is 3.20. The summed E-state index contributed by atoms with van der Waals surface area (Å²) in [5, 5.41) is 9.72. The Kier molecular flexibility index (Phi) is 3.70. The first-order valence-corrected chi connectivity index (χ1v) is 6.09. The van der Waals surface area contributed by atoms with E-state index in [1.807, 2.05) is 27.7 Å². The van der Waals surface area contributed by atoms with Gasteiger partial charge in [-0.3, -0.25) is 0 Å². The summed E-state index contributed by atoms with van der Waals surface area (Å²) in [4.78, 5) is 0. The molecule has 0 radical (unpaired) electrons. The normalized spacial score (nSPS) is 25.3. The third-order valence-electron chi connectivity index (χ3n) is 3.44. The summed E-state index contributed by atoms with van der Waals surface area (Å²) in [6.45, 7) is 13.3. The van der Waals surface area contributed by atoms with Crippen LogP contribution in [0.1, 0.15) is 48.0 Å². The van der Waals surface area contributed by atoms with Gasteiger partial charge in [-0.05, 0) is 39.7 Å². The zero-order valence-electron chi connectivity index (χ0n) is 11.4. The van der Waals surface area contributed by atoms with Crippen molar-refractivity contribution in [3.8, 4) is 0 Å². The van der Waals surface area contributed by atoms with Crippen LogP contribution in [0.5, 0.6) is 0 Å². The van der Waals surface area contributed by atoms with E-state index in [2.05, 4.69) is 19.9 Å². The van der Waals surface area contributed by atoms with E-state index in [0.29, 0.717) is 5.92 Å². The fourth-order valence-electron chi connectivity index (χ4n) is 1.96. The van der Waals surface area contributed by atoms with Crippen LogP contribution in [0.25, 0.3) is 0 Å². The van der Waals surface area contributed by atoms with E-state index in [9.17, 15) is 0 Å². The number of hydroxylamine groups is 2. The lowest BCUT2D eigenvalue weighted by Gasteiger charge is -2.31. The summed E-state index contributed by atoms with van der Waals surface area (Å²) in [7, 11) is 0. The lowest BCUT2D eigenvalue weighted by atomic mass is 10.0. The number of rotatable bonds is 4. The van der Waals surface area contributed by atoms with Gasteiger partial charge in [0.25, 0.3) is 0 Å². The summed E-state index contributed by atoms with van der Waals surface area (Å²) in [6, 6.07) is 0. The van der Waals surface area contributed by atoms with Crippen LogP contribution in [0.4, 0.5) is 0 Å². The maximum Gasteiger partial charge on any atom is 0.140 e. The van der Waals surface area contributed by atoms with Crippen LogP contribution >= 0.6 is 0 Å². The zero-order chi connectivity index (χ0) is 12.6. The third kappa shape index (κ3) is 2.41. The van der Waals surface area contributed by atoms with Crippen molar-refractivity contribution in [1.29, 1.82) is 0 Å². The van der Waals surface area contributed by atoms with Crippen LogP contribution in [-0.4, -0.2) is 28.0 Å². The molecule has 16 heavy (non-hydrogen) atoms. The van der Waals surface area contributed by atoms with Gasteiger partial charge in [0.2, 0.25) is 0 Å². The molecule has 0 amide bonds. The summed E-state index contributed by atoms with van der Waals surface area (Å²) < 4.78 is 5.88. The van der Waals surface area contributed by atoms with E-state index in [4.69, 9.17) is 9.94 Å².